The van der Waals surface area contributed by atoms with Gasteiger partial charge in [0, 0.05) is 0 Å². The van der Waals surface area contributed by atoms with Crippen LogP contribution in [0.5, 0.6) is 11.5 Å². The van der Waals surface area contributed by atoms with Crippen molar-refractivity contribution in [2.45, 2.75) is 26.4 Å². The predicted octanol–water partition coefficient (Wildman–Crippen LogP) is 2.05. The lowest BCUT2D eigenvalue weighted by atomic mass is 10.2. The fourth-order valence-electron chi connectivity index (χ4n) is 1.11. The summed E-state index contributed by atoms with van der Waals surface area (Å²) in [6, 6.07) is 6.97. The SMILES string of the molecule is CC(C)(C)Oc1ccc(OCC([NH])=O)cc1. The second kappa shape index (κ2) is 4.88. The Morgan fingerprint density at radius 2 is 1.69 bits per heavy atom. The summed E-state index contributed by atoms with van der Waals surface area (Å²) in [6.45, 7) is 5.68. The van der Waals surface area contributed by atoms with E-state index >= 15 is 0 Å². The maximum atomic E-state index is 10.4. The normalized spacial score (nSPS) is 10.9. The highest BCUT2D eigenvalue weighted by Crippen LogP contribution is 2.21. The number of benzene rings is 1. The number of rotatable bonds is 4. The van der Waals surface area contributed by atoms with Crippen LogP contribution in [-0.4, -0.2) is 18.1 Å². The zero-order chi connectivity index (χ0) is 12.2. The minimum atomic E-state index is -0.741. The molecule has 0 saturated carbocycles. The number of amides is 1. The van der Waals surface area contributed by atoms with Crippen LogP contribution in [0.3, 0.4) is 0 Å². The van der Waals surface area contributed by atoms with Crippen LogP contribution in [-0.2, 0) is 4.79 Å². The van der Waals surface area contributed by atoms with Gasteiger partial charge in [0.1, 0.15) is 17.1 Å². The number of nitrogens with one attached hydrogen (secondary N) is 1. The molecule has 0 spiro atoms. The van der Waals surface area contributed by atoms with E-state index in [-0.39, 0.29) is 12.2 Å². The molecule has 0 unspecified atom stereocenters. The van der Waals surface area contributed by atoms with Crippen LogP contribution < -0.4 is 15.2 Å². The molecular weight excluding hydrogens is 206 g/mol. The van der Waals surface area contributed by atoms with Gasteiger partial charge in [-0.25, -0.2) is 0 Å². The molecule has 4 heteroatoms. The molecule has 1 N–H and O–H groups in total. The van der Waals surface area contributed by atoms with Crippen molar-refractivity contribution in [3.8, 4) is 11.5 Å². The number of carbonyl (C=O) groups is 1. The van der Waals surface area contributed by atoms with Gasteiger partial charge >= 0.3 is 0 Å². The van der Waals surface area contributed by atoms with Crippen LogP contribution in [0.15, 0.2) is 24.3 Å². The average molecular weight is 222 g/mol. The van der Waals surface area contributed by atoms with E-state index in [1.54, 1.807) is 24.3 Å². The zero-order valence-corrected chi connectivity index (χ0v) is 9.74. The van der Waals surface area contributed by atoms with Crippen LogP contribution in [0.2, 0.25) is 0 Å². The molecule has 1 aromatic rings. The molecule has 0 bridgehead atoms. The Kier molecular flexibility index (Phi) is 3.77. The molecule has 0 aliphatic rings. The van der Waals surface area contributed by atoms with Gasteiger partial charge in [-0.3, -0.25) is 10.5 Å². The predicted molar refractivity (Wildman–Crippen MR) is 60.4 cm³/mol. The molecule has 0 aliphatic carbocycles. The van der Waals surface area contributed by atoms with Crippen molar-refractivity contribution < 1.29 is 14.3 Å². The second-order valence-electron chi connectivity index (χ2n) is 4.40. The monoisotopic (exact) mass is 222 g/mol. The van der Waals surface area contributed by atoms with Crippen molar-refractivity contribution in [3.05, 3.63) is 24.3 Å². The van der Waals surface area contributed by atoms with Gasteiger partial charge in [-0.15, -0.1) is 0 Å². The fraction of sp³-hybridized carbons (Fsp3) is 0.417. The number of hydrogen-bond acceptors (Lipinski definition) is 3. The molecule has 0 saturated heterocycles. The minimum absolute atomic E-state index is 0.223. The maximum Gasteiger partial charge on any atom is 0.276 e. The number of hydrogen-bond donors (Lipinski definition) is 0. The summed E-state index contributed by atoms with van der Waals surface area (Å²) in [4.78, 5) is 10.4. The van der Waals surface area contributed by atoms with Gasteiger partial charge in [-0.05, 0) is 45.0 Å². The Morgan fingerprint density at radius 1 is 1.19 bits per heavy atom. The molecular formula is C12H16NO3. The van der Waals surface area contributed by atoms with Crippen molar-refractivity contribution in [1.29, 1.82) is 0 Å². The van der Waals surface area contributed by atoms with Crippen molar-refractivity contribution >= 4 is 5.91 Å². The van der Waals surface area contributed by atoms with Gasteiger partial charge in [0.2, 0.25) is 0 Å². The number of carbonyl (C=O) groups excluding carboxylic acids is 1. The van der Waals surface area contributed by atoms with E-state index in [1.807, 2.05) is 20.8 Å². The lowest BCUT2D eigenvalue weighted by molar-refractivity contribution is -0.120. The van der Waals surface area contributed by atoms with Gasteiger partial charge in [-0.2, -0.15) is 0 Å². The Hall–Kier alpha value is -1.71. The van der Waals surface area contributed by atoms with Gasteiger partial charge in [0.05, 0.1) is 0 Å². The van der Waals surface area contributed by atoms with Gasteiger partial charge < -0.3 is 9.47 Å². The third kappa shape index (κ3) is 4.68. The van der Waals surface area contributed by atoms with Gasteiger partial charge in [-0.1, -0.05) is 0 Å². The van der Waals surface area contributed by atoms with E-state index in [9.17, 15) is 4.79 Å². The molecule has 0 aromatic heterocycles. The summed E-state index contributed by atoms with van der Waals surface area (Å²) >= 11 is 0. The zero-order valence-electron chi connectivity index (χ0n) is 9.74. The lowest BCUT2D eigenvalue weighted by Gasteiger charge is -2.21. The Bertz CT molecular complexity index is 352. The molecule has 1 amide bonds. The highest BCUT2D eigenvalue weighted by atomic mass is 16.5. The summed E-state index contributed by atoms with van der Waals surface area (Å²) in [5.41, 5.74) is 6.46. The molecule has 0 fully saturated rings. The van der Waals surface area contributed by atoms with Crippen LogP contribution in [0.1, 0.15) is 20.8 Å². The first-order valence-electron chi connectivity index (χ1n) is 5.03. The van der Waals surface area contributed by atoms with Crippen molar-refractivity contribution in [3.63, 3.8) is 0 Å². The summed E-state index contributed by atoms with van der Waals surface area (Å²) in [6.07, 6.45) is 0. The first kappa shape index (κ1) is 12.4. The Morgan fingerprint density at radius 3 is 2.12 bits per heavy atom. The molecule has 4 nitrogen and oxygen atoms in total. The Labute approximate surface area is 95.3 Å². The lowest BCUT2D eigenvalue weighted by Crippen LogP contribution is -2.22. The molecule has 0 atom stereocenters. The molecule has 1 rings (SSSR count). The van der Waals surface area contributed by atoms with Crippen LogP contribution in [0, 0.1) is 0 Å². The third-order valence-electron chi connectivity index (χ3n) is 1.62. The summed E-state index contributed by atoms with van der Waals surface area (Å²) in [5, 5.41) is 0. The van der Waals surface area contributed by atoms with E-state index in [2.05, 4.69) is 0 Å². The highest BCUT2D eigenvalue weighted by molar-refractivity contribution is 5.74. The van der Waals surface area contributed by atoms with E-state index in [1.165, 1.54) is 0 Å². The van der Waals surface area contributed by atoms with Crippen LogP contribution >= 0.6 is 0 Å². The van der Waals surface area contributed by atoms with E-state index < -0.39 is 5.91 Å². The van der Waals surface area contributed by atoms with Gasteiger partial charge in [0.15, 0.2) is 6.61 Å². The van der Waals surface area contributed by atoms with Crippen molar-refractivity contribution in [1.82, 2.24) is 5.73 Å². The van der Waals surface area contributed by atoms with Crippen LogP contribution in [0.4, 0.5) is 0 Å². The maximum absolute atomic E-state index is 10.4. The van der Waals surface area contributed by atoms with E-state index in [4.69, 9.17) is 15.2 Å². The molecule has 87 valence electrons. The smallest absolute Gasteiger partial charge is 0.276 e. The minimum Gasteiger partial charge on any atom is -0.488 e. The molecule has 1 radical (unpaired) electrons. The number of ether oxygens (including phenoxy) is 2. The topological polar surface area (TPSA) is 59.3 Å². The molecule has 0 aliphatic heterocycles. The standard InChI is InChI=1S/C12H16NO3/c1-12(2,3)16-10-6-4-9(5-7-10)15-8-11(13)14/h4-7,13H,8H2,1-3H3. The summed E-state index contributed by atoms with van der Waals surface area (Å²) in [7, 11) is 0. The molecule has 16 heavy (non-hydrogen) atoms. The first-order valence-corrected chi connectivity index (χ1v) is 5.03. The average Bonchev–Trinajstić information content (AvgIpc) is 2.14. The molecule has 0 heterocycles. The largest absolute Gasteiger partial charge is 0.488 e. The fourth-order valence-corrected chi connectivity index (χ4v) is 1.11. The summed E-state index contributed by atoms with van der Waals surface area (Å²) in [5.74, 6) is 0.564. The quantitative estimate of drug-likeness (QED) is 0.783. The van der Waals surface area contributed by atoms with Crippen molar-refractivity contribution in [2.75, 3.05) is 6.61 Å². The van der Waals surface area contributed by atoms with Crippen molar-refractivity contribution in [2.24, 2.45) is 0 Å². The summed E-state index contributed by atoms with van der Waals surface area (Å²) < 4.78 is 10.7. The van der Waals surface area contributed by atoms with Crippen LogP contribution in [0.25, 0.3) is 0 Å². The highest BCUT2D eigenvalue weighted by Gasteiger charge is 2.11. The Balaban J connectivity index is 2.57. The molecule has 1 aromatic carbocycles. The van der Waals surface area contributed by atoms with Gasteiger partial charge in [0.25, 0.3) is 5.91 Å². The van der Waals surface area contributed by atoms with E-state index in [0.717, 1.165) is 5.75 Å². The first-order chi connectivity index (χ1) is 7.37. The third-order valence-corrected chi connectivity index (χ3v) is 1.62. The van der Waals surface area contributed by atoms with E-state index in [0.29, 0.717) is 5.75 Å². The second-order valence-corrected chi connectivity index (χ2v) is 4.40.